The molecule has 1 aliphatic carbocycles. The molecule has 29 heavy (non-hydrogen) atoms. The van der Waals surface area contributed by atoms with E-state index in [0.29, 0.717) is 0 Å². The van der Waals surface area contributed by atoms with Crippen LogP contribution in [0.5, 0.6) is 0 Å². The molecule has 0 spiro atoms. The molecule has 0 bridgehead atoms. The van der Waals surface area contributed by atoms with E-state index in [2.05, 4.69) is 51.2 Å². The van der Waals surface area contributed by atoms with Gasteiger partial charge in [0, 0.05) is 5.41 Å². The number of methoxy groups -OCH3 is 1. The molecule has 2 nitrogen and oxygen atoms in total. The van der Waals surface area contributed by atoms with Crippen LogP contribution in [-0.2, 0) is 9.53 Å². The van der Waals surface area contributed by atoms with Gasteiger partial charge in [-0.2, -0.15) is 0 Å². The summed E-state index contributed by atoms with van der Waals surface area (Å²) in [5.74, 6) is -0.0888. The maximum atomic E-state index is 12.4. The second-order valence-corrected chi connectivity index (χ2v) is 9.15. The average Bonchev–Trinajstić information content (AvgIpc) is 2.70. The highest BCUT2D eigenvalue weighted by atomic mass is 16.5. The Hall–Kier alpha value is -1.31. The maximum Gasteiger partial charge on any atom is 0.309 e. The number of esters is 1. The molecule has 1 rings (SSSR count). The van der Waals surface area contributed by atoms with Crippen LogP contribution >= 0.6 is 0 Å². The second-order valence-electron chi connectivity index (χ2n) is 9.15. The molecule has 1 aliphatic rings. The van der Waals surface area contributed by atoms with Crippen LogP contribution in [0.2, 0.25) is 0 Å². The molecule has 2 unspecified atom stereocenters. The lowest BCUT2D eigenvalue weighted by molar-refractivity contribution is -0.149. The van der Waals surface area contributed by atoms with Gasteiger partial charge in [0.1, 0.15) is 0 Å². The molecule has 2 heteroatoms. The first-order chi connectivity index (χ1) is 14.0. The molecular formula is C27H46O2. The largest absolute Gasteiger partial charge is 0.469 e. The van der Waals surface area contributed by atoms with E-state index in [4.69, 9.17) is 4.74 Å². The Morgan fingerprint density at radius 3 is 2.21 bits per heavy atom. The molecule has 0 saturated carbocycles. The van der Waals surface area contributed by atoms with E-state index in [1.54, 1.807) is 0 Å². The highest BCUT2D eigenvalue weighted by Gasteiger charge is 2.38. The molecule has 0 aliphatic heterocycles. The quantitative estimate of drug-likeness (QED) is 0.147. The minimum absolute atomic E-state index is 0.0374. The molecule has 0 heterocycles. The molecule has 2 atom stereocenters. The fraction of sp³-hybridized carbons (Fsp3) is 0.741. The zero-order valence-corrected chi connectivity index (χ0v) is 19.7. The normalized spacial score (nSPS) is 20.1. The van der Waals surface area contributed by atoms with Crippen LogP contribution in [0.25, 0.3) is 0 Å². The molecule has 0 fully saturated rings. The van der Waals surface area contributed by atoms with Gasteiger partial charge in [-0.1, -0.05) is 101 Å². The van der Waals surface area contributed by atoms with Crippen molar-refractivity contribution in [2.45, 2.75) is 111 Å². The van der Waals surface area contributed by atoms with Gasteiger partial charge in [0.05, 0.1) is 13.0 Å². The van der Waals surface area contributed by atoms with Gasteiger partial charge < -0.3 is 4.74 Å². The fourth-order valence-electron chi connectivity index (χ4n) is 4.49. The maximum absolute atomic E-state index is 12.4. The molecule has 0 radical (unpaired) electrons. The van der Waals surface area contributed by atoms with E-state index >= 15 is 0 Å². The number of hydrogen-bond acceptors (Lipinski definition) is 2. The van der Waals surface area contributed by atoms with Crippen molar-refractivity contribution in [3.8, 4) is 0 Å². The van der Waals surface area contributed by atoms with Crippen LogP contribution in [0.1, 0.15) is 111 Å². The molecule has 0 N–H and O–H groups in total. The van der Waals surface area contributed by atoms with Gasteiger partial charge in [0.25, 0.3) is 0 Å². The van der Waals surface area contributed by atoms with Crippen molar-refractivity contribution in [2.24, 2.45) is 11.3 Å². The second kappa shape index (κ2) is 15.5. The van der Waals surface area contributed by atoms with Gasteiger partial charge in [0.15, 0.2) is 0 Å². The Kier molecular flexibility index (Phi) is 13.8. The third-order valence-corrected chi connectivity index (χ3v) is 6.30. The number of carbonyl (C=O) groups excluding carboxylic acids is 1. The van der Waals surface area contributed by atoms with Gasteiger partial charge in [0.2, 0.25) is 0 Å². The SMILES string of the molecule is CCCCCCCC/C=C\CCCCCCC(C(=O)OC)C1(C)C=CC=C(C)C1. The Morgan fingerprint density at radius 2 is 1.62 bits per heavy atom. The first kappa shape index (κ1) is 25.7. The van der Waals surface area contributed by atoms with Crippen LogP contribution < -0.4 is 0 Å². The Bertz CT molecular complexity index is 529. The Morgan fingerprint density at radius 1 is 1.03 bits per heavy atom. The molecule has 166 valence electrons. The minimum atomic E-state index is -0.106. The molecule has 0 aromatic carbocycles. The summed E-state index contributed by atoms with van der Waals surface area (Å²) in [5.41, 5.74) is 1.24. The monoisotopic (exact) mass is 402 g/mol. The first-order valence-electron chi connectivity index (χ1n) is 12.1. The number of ether oxygens (including phenoxy) is 1. The number of carbonyl (C=O) groups is 1. The zero-order valence-electron chi connectivity index (χ0n) is 19.7. The molecule has 0 aromatic rings. The lowest BCUT2D eigenvalue weighted by atomic mass is 9.69. The van der Waals surface area contributed by atoms with Crippen molar-refractivity contribution in [2.75, 3.05) is 7.11 Å². The standard InChI is InChI=1S/C27H46O2/c1-5-6-7-8-9-10-11-12-13-14-15-16-17-18-21-25(26(28)29-4)27(3)22-19-20-24(2)23-27/h12-13,19-20,22,25H,5-11,14-18,21,23H2,1-4H3/b13-12-. The van der Waals surface area contributed by atoms with Crippen LogP contribution in [0.4, 0.5) is 0 Å². The third-order valence-electron chi connectivity index (χ3n) is 6.30. The van der Waals surface area contributed by atoms with E-state index in [1.165, 1.54) is 83.3 Å². The van der Waals surface area contributed by atoms with Gasteiger partial charge in [-0.3, -0.25) is 4.79 Å². The first-order valence-corrected chi connectivity index (χ1v) is 12.1. The Labute approximate surface area is 180 Å². The lowest BCUT2D eigenvalue weighted by Crippen LogP contribution is -2.34. The van der Waals surface area contributed by atoms with Crippen LogP contribution in [0, 0.1) is 11.3 Å². The number of hydrogen-bond donors (Lipinski definition) is 0. The topological polar surface area (TPSA) is 26.3 Å². The highest BCUT2D eigenvalue weighted by molar-refractivity contribution is 5.73. The minimum Gasteiger partial charge on any atom is -0.469 e. The number of allylic oxidation sites excluding steroid dienone is 6. The van der Waals surface area contributed by atoms with Crippen molar-refractivity contribution < 1.29 is 9.53 Å². The number of rotatable bonds is 16. The van der Waals surface area contributed by atoms with E-state index in [1.807, 2.05) is 0 Å². The summed E-state index contributed by atoms with van der Waals surface area (Å²) in [6.07, 6.45) is 28.6. The van der Waals surface area contributed by atoms with Crippen LogP contribution in [-0.4, -0.2) is 13.1 Å². The fourth-order valence-corrected chi connectivity index (χ4v) is 4.49. The summed E-state index contributed by atoms with van der Waals surface area (Å²) in [4.78, 5) is 12.4. The summed E-state index contributed by atoms with van der Waals surface area (Å²) in [5, 5.41) is 0. The van der Waals surface area contributed by atoms with Crippen molar-refractivity contribution in [1.82, 2.24) is 0 Å². The van der Waals surface area contributed by atoms with Crippen molar-refractivity contribution >= 4 is 5.97 Å². The van der Waals surface area contributed by atoms with Crippen LogP contribution in [0.3, 0.4) is 0 Å². The zero-order chi connectivity index (χ0) is 21.4. The predicted octanol–water partition coefficient (Wildman–Crippen LogP) is 8.34. The summed E-state index contributed by atoms with van der Waals surface area (Å²) in [7, 11) is 1.52. The van der Waals surface area contributed by atoms with Crippen molar-refractivity contribution in [3.05, 3.63) is 36.0 Å². The van der Waals surface area contributed by atoms with Crippen molar-refractivity contribution in [3.63, 3.8) is 0 Å². The highest BCUT2D eigenvalue weighted by Crippen LogP contribution is 2.41. The smallest absolute Gasteiger partial charge is 0.309 e. The van der Waals surface area contributed by atoms with Gasteiger partial charge in [-0.15, -0.1) is 0 Å². The van der Waals surface area contributed by atoms with E-state index < -0.39 is 0 Å². The van der Waals surface area contributed by atoms with E-state index in [0.717, 1.165) is 19.3 Å². The summed E-state index contributed by atoms with van der Waals surface area (Å²) in [6.45, 7) is 6.62. The third kappa shape index (κ3) is 10.9. The summed E-state index contributed by atoms with van der Waals surface area (Å²) < 4.78 is 5.13. The van der Waals surface area contributed by atoms with Gasteiger partial charge in [-0.05, 0) is 45.4 Å². The summed E-state index contributed by atoms with van der Waals surface area (Å²) in [6, 6.07) is 0. The molecule has 0 aromatic heterocycles. The molecule has 0 saturated heterocycles. The lowest BCUT2D eigenvalue weighted by Gasteiger charge is -2.35. The van der Waals surface area contributed by atoms with E-state index in [-0.39, 0.29) is 17.3 Å². The Balaban J connectivity index is 2.15. The average molecular weight is 403 g/mol. The molecular weight excluding hydrogens is 356 g/mol. The summed E-state index contributed by atoms with van der Waals surface area (Å²) >= 11 is 0. The van der Waals surface area contributed by atoms with Crippen molar-refractivity contribution in [1.29, 1.82) is 0 Å². The molecule has 0 amide bonds. The van der Waals surface area contributed by atoms with Gasteiger partial charge >= 0.3 is 5.97 Å². The van der Waals surface area contributed by atoms with Crippen LogP contribution in [0.15, 0.2) is 36.0 Å². The predicted molar refractivity (Wildman–Crippen MR) is 126 cm³/mol. The van der Waals surface area contributed by atoms with Gasteiger partial charge in [-0.25, -0.2) is 0 Å². The van der Waals surface area contributed by atoms with E-state index in [9.17, 15) is 4.79 Å². The number of unbranched alkanes of at least 4 members (excludes halogenated alkanes) is 10.